The molecule has 39 nitrogen and oxygen atoms in total. The summed E-state index contributed by atoms with van der Waals surface area (Å²) in [6, 6.07) is -13.0. The number of aromatic hydroxyl groups is 1. The summed E-state index contributed by atoms with van der Waals surface area (Å²) in [5.41, 5.74) is 12.7. The SMILES string of the molecule is CC[C@H](C)[C@H](NC(=O)[C@H](CO)NC(=O)[C@@H]1CCCN1C(=O)[C@H](CC(C)C)NC(=O)[C@H](Cc1ccc(O)cc1)NC(=O)[C@H](C)NC(=O)[C@H](Cc1cnc[nH]1)NC(=O)[C@H](Cc1cnc[nH]1)NC(=O)[C@H](CC(C)C)NC(=O)[C@@H](NC(=O)[C@@H]1CCCN1C(=O)[C@H](CC(C)C)NC(=O)[C@H](CCC(N)=O)NC(=O)[C@@H](N)CC(C)C)[C@@H](C)CC)C(=O)NCC(=O)O. The summed E-state index contributed by atoms with van der Waals surface area (Å²) in [6.45, 7) is 21.2. The molecule has 0 spiro atoms. The summed E-state index contributed by atoms with van der Waals surface area (Å²) in [5.74, 6) is -15.2. The molecule has 2 aliphatic rings. The minimum Gasteiger partial charge on any atom is -0.508 e. The number of aromatic amines is 2. The number of carbonyl (C=O) groups excluding carboxylic acids is 15. The lowest BCUT2D eigenvalue weighted by molar-refractivity contribution is -0.143. The lowest BCUT2D eigenvalue weighted by Crippen LogP contribution is -2.61. The zero-order chi connectivity index (χ0) is 88.7. The number of aliphatic carboxylic acids is 1. The Morgan fingerprint density at radius 3 is 1.32 bits per heavy atom. The van der Waals surface area contributed by atoms with E-state index in [4.69, 9.17) is 16.6 Å². The Labute approximate surface area is 693 Å². The molecule has 15 amide bonds. The standard InChI is InChI=1S/C80H126N20O19/c1-14-45(11)65(77(116)85-37-64(104)105)97-74(113)60(38-101)96-75(114)61-18-16-26-99(61)80(119)59(31-44(9)10)95-72(111)55(32-48-20-22-51(102)23-21-48)90-67(106)47(13)88-70(109)56(33-49-35-83-39-86-49)91-73(112)57(34-50-36-84-40-87-50)92-71(110)54(29-42(5)6)93-78(117)66(46(12)15-2)98-76(115)62-19-17-27-100(62)79(118)58(30-43(7)8)94-69(108)53(24-25-63(82)103)89-68(107)52(81)28-41(3)4/h20-23,35-36,39-47,52-62,65-66,101-102H,14-19,24-34,37-38,81H2,1-13H3,(H2,82,103)(H,83,86)(H,84,87)(H,85,116)(H,88,109)(H,89,107)(H,90,106)(H,91,112)(H,92,110)(H,93,117)(H,94,108)(H,95,111)(H,96,114)(H,97,113)(H,98,115)(H,104,105)/t45-,46-,47-,52-,53-,54-,55-,56-,57-,58-,59-,60-,61-,62-,65-,66-/m0/s1. The van der Waals surface area contributed by atoms with Crippen molar-refractivity contribution in [3.63, 3.8) is 0 Å². The smallest absolute Gasteiger partial charge is 0.322 e. The fourth-order valence-corrected chi connectivity index (χ4v) is 13.9. The van der Waals surface area contributed by atoms with Crippen molar-refractivity contribution < 1.29 is 92.0 Å². The van der Waals surface area contributed by atoms with Gasteiger partial charge in [-0.3, -0.25) is 76.7 Å². The Bertz CT molecular complexity index is 3920. The first kappa shape index (κ1) is 98.5. The number of aromatic nitrogens is 4. The van der Waals surface area contributed by atoms with E-state index in [1.807, 2.05) is 27.7 Å². The molecule has 119 heavy (non-hydrogen) atoms. The molecule has 21 N–H and O–H groups in total. The number of rotatable bonds is 49. The highest BCUT2D eigenvalue weighted by Gasteiger charge is 2.44. The van der Waals surface area contributed by atoms with Crippen LogP contribution in [0, 0.1) is 35.5 Å². The van der Waals surface area contributed by atoms with E-state index in [1.165, 1.54) is 66.0 Å². The second-order valence-electron chi connectivity index (χ2n) is 32.7. The largest absolute Gasteiger partial charge is 0.508 e. The fraction of sp³-hybridized carbons (Fsp3) is 0.650. The number of likely N-dealkylation sites (tertiary alicyclic amines) is 2. The number of carboxylic acid groups (broad SMARTS) is 1. The zero-order valence-corrected chi connectivity index (χ0v) is 70.4. The third-order valence-electron chi connectivity index (χ3n) is 20.8. The Morgan fingerprint density at radius 1 is 0.471 bits per heavy atom. The molecule has 39 heteroatoms. The van der Waals surface area contributed by atoms with Gasteiger partial charge in [0.15, 0.2) is 0 Å². The number of nitrogens with two attached hydrogens (primary N) is 2. The number of hydrogen-bond acceptors (Lipinski definition) is 21. The minimum atomic E-state index is -1.62. The van der Waals surface area contributed by atoms with Gasteiger partial charge in [-0.1, -0.05) is 108 Å². The van der Waals surface area contributed by atoms with Crippen molar-refractivity contribution in [2.45, 2.75) is 271 Å². The third-order valence-corrected chi connectivity index (χ3v) is 20.8. The summed E-state index contributed by atoms with van der Waals surface area (Å²) < 4.78 is 0. The summed E-state index contributed by atoms with van der Waals surface area (Å²) in [5, 5.41) is 61.4. The molecule has 2 aromatic heterocycles. The maximum atomic E-state index is 14.9. The van der Waals surface area contributed by atoms with Gasteiger partial charge in [0.1, 0.15) is 90.8 Å². The highest BCUT2D eigenvalue weighted by Crippen LogP contribution is 2.25. The molecule has 0 unspecified atom stereocenters. The van der Waals surface area contributed by atoms with Crippen molar-refractivity contribution in [2.24, 2.45) is 47.0 Å². The van der Waals surface area contributed by atoms with Crippen LogP contribution in [0.2, 0.25) is 0 Å². The molecule has 0 radical (unpaired) electrons. The number of carbonyl (C=O) groups is 16. The zero-order valence-electron chi connectivity index (χ0n) is 70.4. The first-order valence-corrected chi connectivity index (χ1v) is 41.0. The number of nitrogens with one attached hydrogen (secondary N) is 14. The predicted octanol–water partition coefficient (Wildman–Crippen LogP) is -1.74. The number of phenols is 1. The van der Waals surface area contributed by atoms with E-state index >= 15 is 0 Å². The van der Waals surface area contributed by atoms with Gasteiger partial charge in [0.25, 0.3) is 0 Å². The average Bonchev–Trinajstić information content (AvgIpc) is 1.67. The number of nitrogens with zero attached hydrogens (tertiary/aromatic N) is 4. The number of carboxylic acids is 1. The number of amides is 15. The maximum absolute atomic E-state index is 14.9. The van der Waals surface area contributed by atoms with E-state index < -0.39 is 204 Å². The number of benzene rings is 1. The molecule has 0 bridgehead atoms. The topological polar surface area (TPSA) is 594 Å². The molecule has 5 rings (SSSR count). The van der Waals surface area contributed by atoms with Crippen molar-refractivity contribution in [2.75, 3.05) is 26.2 Å². The highest BCUT2D eigenvalue weighted by atomic mass is 16.4. The molecule has 3 aromatic rings. The predicted molar refractivity (Wildman–Crippen MR) is 434 cm³/mol. The molecule has 16 atom stereocenters. The van der Waals surface area contributed by atoms with Crippen LogP contribution in [0.25, 0.3) is 0 Å². The van der Waals surface area contributed by atoms with Crippen LogP contribution in [0.5, 0.6) is 5.75 Å². The van der Waals surface area contributed by atoms with Crippen molar-refractivity contribution in [3.05, 3.63) is 66.3 Å². The Kier molecular flexibility index (Phi) is 39.8. The molecule has 2 saturated heterocycles. The van der Waals surface area contributed by atoms with Crippen LogP contribution in [0.4, 0.5) is 0 Å². The molecule has 4 heterocycles. The van der Waals surface area contributed by atoms with Gasteiger partial charge in [-0.2, -0.15) is 0 Å². The highest BCUT2D eigenvalue weighted by molar-refractivity contribution is 6.01. The Balaban J connectivity index is 1.35. The van der Waals surface area contributed by atoms with Crippen LogP contribution in [0.15, 0.2) is 49.3 Å². The molecule has 2 fully saturated rings. The molecule has 1 aromatic carbocycles. The van der Waals surface area contributed by atoms with Crippen LogP contribution < -0.4 is 75.3 Å². The van der Waals surface area contributed by atoms with Gasteiger partial charge in [0, 0.05) is 62.6 Å². The van der Waals surface area contributed by atoms with Gasteiger partial charge < -0.3 is 110 Å². The molecule has 0 aliphatic carbocycles. The van der Waals surface area contributed by atoms with Gasteiger partial charge in [-0.25, -0.2) is 9.97 Å². The summed E-state index contributed by atoms with van der Waals surface area (Å²) >= 11 is 0. The second-order valence-corrected chi connectivity index (χ2v) is 32.7. The van der Waals surface area contributed by atoms with Crippen LogP contribution >= 0.6 is 0 Å². The number of imidazole rings is 2. The monoisotopic (exact) mass is 1670 g/mol. The van der Waals surface area contributed by atoms with Crippen LogP contribution in [0.1, 0.15) is 184 Å². The molecule has 0 saturated carbocycles. The van der Waals surface area contributed by atoms with E-state index in [9.17, 15) is 86.9 Å². The molecule has 660 valence electrons. The Morgan fingerprint density at radius 2 is 0.874 bits per heavy atom. The summed E-state index contributed by atoms with van der Waals surface area (Å²) in [7, 11) is 0. The molecular weight excluding hydrogens is 1550 g/mol. The van der Waals surface area contributed by atoms with E-state index in [0.717, 1.165) is 0 Å². The van der Waals surface area contributed by atoms with Gasteiger partial charge in [-0.05, 0) is 118 Å². The number of primary amides is 1. The molecular formula is C80H126N20O19. The lowest BCUT2D eigenvalue weighted by atomic mass is 9.96. The van der Waals surface area contributed by atoms with E-state index in [-0.39, 0.29) is 107 Å². The van der Waals surface area contributed by atoms with E-state index in [0.29, 0.717) is 49.1 Å². The number of aliphatic hydroxyl groups excluding tert-OH is 1. The molecule has 2 aliphatic heterocycles. The van der Waals surface area contributed by atoms with Gasteiger partial charge in [0.2, 0.25) is 88.6 Å². The number of aliphatic hydroxyl groups is 1. The average molecular weight is 1670 g/mol. The Hall–Kier alpha value is -11.1. The third kappa shape index (κ3) is 31.6. The first-order chi connectivity index (χ1) is 56.1. The quantitative estimate of drug-likeness (QED) is 0.0298. The number of hydrogen-bond donors (Lipinski definition) is 19. The number of H-pyrrole nitrogens is 2. The summed E-state index contributed by atoms with van der Waals surface area (Å²) in [6.07, 6.45) is 6.35. The first-order valence-electron chi connectivity index (χ1n) is 41.0. The van der Waals surface area contributed by atoms with Gasteiger partial charge in [-0.15, -0.1) is 0 Å². The fourth-order valence-electron chi connectivity index (χ4n) is 13.9. The normalized spacial score (nSPS) is 17.5. The van der Waals surface area contributed by atoms with E-state index in [1.54, 1.807) is 55.4 Å². The van der Waals surface area contributed by atoms with Gasteiger partial charge in [0.05, 0.1) is 25.3 Å². The minimum absolute atomic E-state index is 0.00506. The lowest BCUT2D eigenvalue weighted by Gasteiger charge is -2.32. The van der Waals surface area contributed by atoms with Crippen molar-refractivity contribution in [1.82, 2.24) is 93.5 Å². The van der Waals surface area contributed by atoms with Gasteiger partial charge >= 0.3 is 5.97 Å². The van der Waals surface area contributed by atoms with Crippen molar-refractivity contribution in [1.29, 1.82) is 0 Å². The van der Waals surface area contributed by atoms with Crippen LogP contribution in [0.3, 0.4) is 0 Å². The summed E-state index contributed by atoms with van der Waals surface area (Å²) in [4.78, 5) is 240. The van der Waals surface area contributed by atoms with Crippen molar-refractivity contribution in [3.8, 4) is 5.75 Å². The van der Waals surface area contributed by atoms with Crippen LogP contribution in [-0.2, 0) is 96.0 Å². The second kappa shape index (κ2) is 48.1. The van der Waals surface area contributed by atoms with Crippen molar-refractivity contribution >= 4 is 94.6 Å². The van der Waals surface area contributed by atoms with Crippen LogP contribution in [-0.4, -0.2) is 250 Å². The maximum Gasteiger partial charge on any atom is 0.322 e. The number of phenolic OH excluding ortho intramolecular Hbond substituents is 1. The van der Waals surface area contributed by atoms with E-state index in [2.05, 4.69) is 83.7 Å².